The molecule has 0 aliphatic heterocycles. The Balaban J connectivity index is 1.97. The molecule has 0 aromatic heterocycles. The van der Waals surface area contributed by atoms with Crippen LogP contribution < -0.4 is 19.5 Å². The second kappa shape index (κ2) is 9.47. The van der Waals surface area contributed by atoms with E-state index in [9.17, 15) is 13.2 Å². The fourth-order valence-corrected chi connectivity index (χ4v) is 4.57. The van der Waals surface area contributed by atoms with Crippen LogP contribution >= 0.6 is 23.2 Å². The zero-order valence-electron chi connectivity index (χ0n) is 16.5. The van der Waals surface area contributed by atoms with Gasteiger partial charge in [0.2, 0.25) is 0 Å². The first kappa shape index (κ1) is 22.7. The number of halogens is 2. The quantitative estimate of drug-likeness (QED) is 0.492. The Bertz CT molecular complexity index is 1220. The first-order valence-electron chi connectivity index (χ1n) is 8.85. The number of carbonyl (C=O) groups excluding carboxylic acids is 1. The molecule has 0 aliphatic carbocycles. The zero-order chi connectivity index (χ0) is 22.6. The Morgan fingerprint density at radius 1 is 0.871 bits per heavy atom. The van der Waals surface area contributed by atoms with Gasteiger partial charge in [-0.05, 0) is 30.3 Å². The number of nitrogens with one attached hydrogen (secondary N) is 2. The van der Waals surface area contributed by atoms with E-state index in [0.29, 0.717) is 11.3 Å². The van der Waals surface area contributed by atoms with Gasteiger partial charge in [-0.3, -0.25) is 9.52 Å². The molecule has 10 heteroatoms. The number of benzene rings is 3. The lowest BCUT2D eigenvalue weighted by molar-refractivity contribution is 0.102. The lowest BCUT2D eigenvalue weighted by Crippen LogP contribution is -2.16. The van der Waals surface area contributed by atoms with E-state index < -0.39 is 10.0 Å². The van der Waals surface area contributed by atoms with Crippen molar-refractivity contribution in [3.8, 4) is 11.5 Å². The minimum atomic E-state index is -4.09. The van der Waals surface area contributed by atoms with Gasteiger partial charge in [-0.1, -0.05) is 41.4 Å². The van der Waals surface area contributed by atoms with Crippen molar-refractivity contribution in [3.63, 3.8) is 0 Å². The molecule has 31 heavy (non-hydrogen) atoms. The maximum atomic E-state index is 12.9. The summed E-state index contributed by atoms with van der Waals surface area (Å²) in [7, 11) is -1.33. The number of hydrogen-bond acceptors (Lipinski definition) is 5. The van der Waals surface area contributed by atoms with Crippen molar-refractivity contribution >= 4 is 50.5 Å². The van der Waals surface area contributed by atoms with Gasteiger partial charge in [-0.25, -0.2) is 8.42 Å². The molecule has 162 valence electrons. The van der Waals surface area contributed by atoms with Gasteiger partial charge in [0.05, 0.1) is 30.6 Å². The zero-order valence-corrected chi connectivity index (χ0v) is 18.8. The molecule has 3 aromatic carbocycles. The third-order valence-corrected chi connectivity index (χ3v) is 6.32. The van der Waals surface area contributed by atoms with E-state index in [1.807, 2.05) is 0 Å². The first-order chi connectivity index (χ1) is 14.7. The highest BCUT2D eigenvalue weighted by Gasteiger charge is 2.22. The minimum absolute atomic E-state index is 0.00887. The SMILES string of the molecule is COc1cc(NS(=O)(=O)c2cc(Cl)ccc2Cl)c(OC)cc1NC(=O)c1ccccc1. The van der Waals surface area contributed by atoms with Gasteiger partial charge in [0.25, 0.3) is 15.9 Å². The second-order valence-electron chi connectivity index (χ2n) is 6.25. The molecule has 0 radical (unpaired) electrons. The normalized spacial score (nSPS) is 11.0. The van der Waals surface area contributed by atoms with E-state index >= 15 is 0 Å². The highest BCUT2D eigenvalue weighted by molar-refractivity contribution is 7.92. The molecule has 0 spiro atoms. The third kappa shape index (κ3) is 5.22. The Kier molecular flexibility index (Phi) is 6.94. The van der Waals surface area contributed by atoms with Gasteiger partial charge in [-0.2, -0.15) is 0 Å². The summed E-state index contributed by atoms with van der Waals surface area (Å²) in [5, 5.41) is 2.96. The summed E-state index contributed by atoms with van der Waals surface area (Å²) in [5.74, 6) is 0.0193. The molecule has 2 N–H and O–H groups in total. The van der Waals surface area contributed by atoms with Crippen LogP contribution in [0.2, 0.25) is 10.0 Å². The van der Waals surface area contributed by atoms with E-state index in [1.165, 1.54) is 44.6 Å². The number of sulfonamides is 1. The van der Waals surface area contributed by atoms with Gasteiger partial charge in [-0.15, -0.1) is 0 Å². The molecule has 3 rings (SSSR count). The van der Waals surface area contributed by atoms with E-state index in [0.717, 1.165) is 0 Å². The summed E-state index contributed by atoms with van der Waals surface area (Å²) in [6, 6.07) is 15.6. The van der Waals surface area contributed by atoms with Crippen molar-refractivity contribution in [3.05, 3.63) is 76.3 Å². The average Bonchev–Trinajstić information content (AvgIpc) is 2.76. The smallest absolute Gasteiger partial charge is 0.263 e. The molecule has 0 saturated heterocycles. The van der Waals surface area contributed by atoms with E-state index in [2.05, 4.69) is 10.0 Å². The molecule has 0 saturated carbocycles. The number of amides is 1. The van der Waals surface area contributed by atoms with Crippen molar-refractivity contribution in [2.24, 2.45) is 0 Å². The molecule has 0 bridgehead atoms. The Morgan fingerprint density at radius 2 is 1.48 bits per heavy atom. The van der Waals surface area contributed by atoms with Gasteiger partial charge in [0, 0.05) is 22.7 Å². The minimum Gasteiger partial charge on any atom is -0.494 e. The lowest BCUT2D eigenvalue weighted by Gasteiger charge is -2.17. The van der Waals surface area contributed by atoms with Crippen molar-refractivity contribution < 1.29 is 22.7 Å². The summed E-state index contributed by atoms with van der Waals surface area (Å²) < 4.78 is 38.8. The topological polar surface area (TPSA) is 93.7 Å². The van der Waals surface area contributed by atoms with E-state index in [-0.39, 0.29) is 38.0 Å². The number of hydrogen-bond donors (Lipinski definition) is 2. The molecule has 0 heterocycles. The predicted octanol–water partition coefficient (Wildman–Crippen LogP) is 5.06. The van der Waals surface area contributed by atoms with Crippen LogP contribution in [0.5, 0.6) is 11.5 Å². The average molecular weight is 481 g/mol. The van der Waals surface area contributed by atoms with Crippen LogP contribution in [0.3, 0.4) is 0 Å². The summed E-state index contributed by atoms with van der Waals surface area (Å²) >= 11 is 12.0. The van der Waals surface area contributed by atoms with Crippen molar-refractivity contribution in [1.29, 1.82) is 0 Å². The second-order valence-corrected chi connectivity index (χ2v) is 8.75. The number of carbonyl (C=O) groups is 1. The van der Waals surface area contributed by atoms with Crippen LogP contribution in [0.25, 0.3) is 0 Å². The van der Waals surface area contributed by atoms with Gasteiger partial charge < -0.3 is 14.8 Å². The molecule has 0 aliphatic rings. The van der Waals surface area contributed by atoms with Gasteiger partial charge in [0.1, 0.15) is 16.4 Å². The summed E-state index contributed by atoms with van der Waals surface area (Å²) in [4.78, 5) is 12.3. The maximum Gasteiger partial charge on any atom is 0.263 e. The Morgan fingerprint density at radius 3 is 2.13 bits per heavy atom. The number of rotatable bonds is 7. The third-order valence-electron chi connectivity index (χ3n) is 4.23. The Hall–Kier alpha value is -2.94. The number of ether oxygens (including phenoxy) is 2. The summed E-state index contributed by atoms with van der Waals surface area (Å²) in [5.41, 5.74) is 0.842. The van der Waals surface area contributed by atoms with Crippen LogP contribution in [0.1, 0.15) is 10.4 Å². The van der Waals surface area contributed by atoms with Crippen LogP contribution in [0.15, 0.2) is 65.6 Å². The molecular weight excluding hydrogens is 463 g/mol. The van der Waals surface area contributed by atoms with Crippen LogP contribution in [-0.2, 0) is 10.0 Å². The number of methoxy groups -OCH3 is 2. The monoisotopic (exact) mass is 480 g/mol. The molecule has 0 atom stereocenters. The first-order valence-corrected chi connectivity index (χ1v) is 11.1. The number of anilines is 2. The van der Waals surface area contributed by atoms with Crippen LogP contribution in [0, 0.1) is 0 Å². The maximum absolute atomic E-state index is 12.9. The molecule has 0 fully saturated rings. The summed E-state index contributed by atoms with van der Waals surface area (Å²) in [6.07, 6.45) is 0. The fourth-order valence-electron chi connectivity index (χ4n) is 2.74. The lowest BCUT2D eigenvalue weighted by atomic mass is 10.2. The molecule has 0 unspecified atom stereocenters. The van der Waals surface area contributed by atoms with Crippen molar-refractivity contribution in [1.82, 2.24) is 0 Å². The Labute approximate surface area is 189 Å². The van der Waals surface area contributed by atoms with E-state index in [4.69, 9.17) is 32.7 Å². The summed E-state index contributed by atoms with van der Waals surface area (Å²) in [6.45, 7) is 0. The van der Waals surface area contributed by atoms with Gasteiger partial charge in [0.15, 0.2) is 0 Å². The van der Waals surface area contributed by atoms with Crippen molar-refractivity contribution in [2.75, 3.05) is 24.3 Å². The highest BCUT2D eigenvalue weighted by Crippen LogP contribution is 2.38. The van der Waals surface area contributed by atoms with E-state index in [1.54, 1.807) is 30.3 Å². The molecule has 3 aromatic rings. The molecule has 7 nitrogen and oxygen atoms in total. The molecular formula is C21H18Cl2N2O5S. The van der Waals surface area contributed by atoms with Crippen molar-refractivity contribution in [2.45, 2.75) is 4.90 Å². The van der Waals surface area contributed by atoms with Crippen LogP contribution in [-0.4, -0.2) is 28.5 Å². The molecule has 1 amide bonds. The highest BCUT2D eigenvalue weighted by atomic mass is 35.5. The largest absolute Gasteiger partial charge is 0.494 e. The van der Waals surface area contributed by atoms with Crippen LogP contribution in [0.4, 0.5) is 11.4 Å². The fraction of sp³-hybridized carbons (Fsp3) is 0.0952. The van der Waals surface area contributed by atoms with Gasteiger partial charge >= 0.3 is 0 Å². The predicted molar refractivity (Wildman–Crippen MR) is 121 cm³/mol. The standard InChI is InChI=1S/C21H18Cl2N2O5S/c1-29-18-12-17(25-31(27,28)20-10-14(22)8-9-15(20)23)19(30-2)11-16(18)24-21(26)13-6-4-3-5-7-13/h3-12,25H,1-2H3,(H,24,26).